The summed E-state index contributed by atoms with van der Waals surface area (Å²) in [6.45, 7) is 2.47. The molecule has 0 radical (unpaired) electrons. The maximum absolute atomic E-state index is 11.9. The lowest BCUT2D eigenvalue weighted by molar-refractivity contribution is -0.122. The fourth-order valence-electron chi connectivity index (χ4n) is 2.45. The highest BCUT2D eigenvalue weighted by Gasteiger charge is 2.26. The first-order chi connectivity index (χ1) is 8.83. The van der Waals surface area contributed by atoms with Crippen LogP contribution < -0.4 is 5.32 Å². The number of ether oxygens (including phenoxy) is 1. The molecular weight excluding hydrogens is 230 g/mol. The van der Waals surface area contributed by atoms with E-state index >= 15 is 0 Å². The molecule has 1 saturated carbocycles. The second-order valence-electron chi connectivity index (χ2n) is 5.25. The van der Waals surface area contributed by atoms with Crippen molar-refractivity contribution >= 4 is 11.7 Å². The second-order valence-corrected chi connectivity index (χ2v) is 5.25. The van der Waals surface area contributed by atoms with Crippen molar-refractivity contribution in [3.05, 3.63) is 12.3 Å². The lowest BCUT2D eigenvalue weighted by atomic mass is 9.85. The van der Waals surface area contributed by atoms with Crippen molar-refractivity contribution in [2.24, 2.45) is 11.8 Å². The Morgan fingerprint density at radius 1 is 1.50 bits per heavy atom. The maximum Gasteiger partial charge on any atom is 0.228 e. The monoisotopic (exact) mass is 249 g/mol. The van der Waals surface area contributed by atoms with Gasteiger partial charge >= 0.3 is 0 Å². The van der Waals surface area contributed by atoms with Crippen molar-refractivity contribution in [2.45, 2.75) is 32.2 Å². The third-order valence-electron chi connectivity index (χ3n) is 3.90. The Balaban J connectivity index is 1.61. The standard InChI is InChI=1S/C13H19N3O2/c17-13(11-2-1-3-11)15-12-4-6-14-16(12)8-10-5-7-18-9-10/h4,6,10-11H,1-3,5,7-9H2,(H,15,17)/t10-/m0/s1. The second kappa shape index (κ2) is 5.10. The Hall–Kier alpha value is -1.36. The Bertz CT molecular complexity index is 420. The summed E-state index contributed by atoms with van der Waals surface area (Å²) in [5.74, 6) is 1.69. The van der Waals surface area contributed by atoms with E-state index in [4.69, 9.17) is 4.74 Å². The number of nitrogens with one attached hydrogen (secondary N) is 1. The summed E-state index contributed by atoms with van der Waals surface area (Å²) in [7, 11) is 0. The largest absolute Gasteiger partial charge is 0.381 e. The molecule has 0 unspecified atom stereocenters. The van der Waals surface area contributed by atoms with Gasteiger partial charge in [0.15, 0.2) is 0 Å². The average molecular weight is 249 g/mol. The van der Waals surface area contributed by atoms with Gasteiger partial charge in [-0.15, -0.1) is 0 Å². The molecule has 98 valence electrons. The SMILES string of the molecule is O=C(Nc1ccnn1C[C@@H]1CCOC1)C1CCC1. The van der Waals surface area contributed by atoms with E-state index in [2.05, 4.69) is 10.4 Å². The number of hydrogen-bond acceptors (Lipinski definition) is 3. The van der Waals surface area contributed by atoms with Gasteiger partial charge in [-0.05, 0) is 19.3 Å². The minimum atomic E-state index is 0.144. The molecule has 0 spiro atoms. The molecule has 18 heavy (non-hydrogen) atoms. The van der Waals surface area contributed by atoms with Crippen molar-refractivity contribution in [1.82, 2.24) is 9.78 Å². The molecule has 2 fully saturated rings. The molecule has 1 N–H and O–H groups in total. The molecule has 1 saturated heterocycles. The Labute approximate surface area is 107 Å². The van der Waals surface area contributed by atoms with Crippen LogP contribution in [0.1, 0.15) is 25.7 Å². The molecular formula is C13H19N3O2. The van der Waals surface area contributed by atoms with Gasteiger partial charge in [0, 0.05) is 31.1 Å². The van der Waals surface area contributed by atoms with Gasteiger partial charge in [0.1, 0.15) is 5.82 Å². The predicted octanol–water partition coefficient (Wildman–Crippen LogP) is 1.66. The third kappa shape index (κ3) is 2.41. The summed E-state index contributed by atoms with van der Waals surface area (Å²) in [5.41, 5.74) is 0. The highest BCUT2D eigenvalue weighted by molar-refractivity contribution is 5.92. The molecule has 1 aliphatic carbocycles. The molecule has 5 nitrogen and oxygen atoms in total. The van der Waals surface area contributed by atoms with Gasteiger partial charge in [-0.1, -0.05) is 6.42 Å². The van der Waals surface area contributed by atoms with Gasteiger partial charge in [-0.25, -0.2) is 4.68 Å². The number of nitrogens with zero attached hydrogens (tertiary/aromatic N) is 2. The molecule has 1 aromatic rings. The fourth-order valence-corrected chi connectivity index (χ4v) is 2.45. The van der Waals surface area contributed by atoms with Crippen molar-refractivity contribution in [2.75, 3.05) is 18.5 Å². The van der Waals surface area contributed by atoms with Crippen LogP contribution in [-0.4, -0.2) is 28.9 Å². The number of carbonyl (C=O) groups excluding carboxylic acids is 1. The van der Waals surface area contributed by atoms with Gasteiger partial charge in [-0.3, -0.25) is 4.79 Å². The van der Waals surface area contributed by atoms with Gasteiger partial charge < -0.3 is 10.1 Å². The number of anilines is 1. The molecule has 1 aliphatic heterocycles. The van der Waals surface area contributed by atoms with Crippen LogP contribution in [0.25, 0.3) is 0 Å². The first kappa shape index (κ1) is 11.7. The van der Waals surface area contributed by atoms with E-state index < -0.39 is 0 Å². The number of amides is 1. The van der Waals surface area contributed by atoms with E-state index in [-0.39, 0.29) is 11.8 Å². The third-order valence-corrected chi connectivity index (χ3v) is 3.90. The first-order valence-electron chi connectivity index (χ1n) is 6.73. The van der Waals surface area contributed by atoms with Crippen LogP contribution in [0.15, 0.2) is 12.3 Å². The molecule has 0 bridgehead atoms. The number of rotatable bonds is 4. The minimum Gasteiger partial charge on any atom is -0.381 e. The van der Waals surface area contributed by atoms with E-state index in [0.29, 0.717) is 5.92 Å². The summed E-state index contributed by atoms with van der Waals surface area (Å²) in [4.78, 5) is 11.9. The van der Waals surface area contributed by atoms with Crippen LogP contribution in [0, 0.1) is 11.8 Å². The molecule has 1 amide bonds. The summed E-state index contributed by atoms with van der Waals surface area (Å²) >= 11 is 0. The van der Waals surface area contributed by atoms with Crippen molar-refractivity contribution in [3.63, 3.8) is 0 Å². The highest BCUT2D eigenvalue weighted by Crippen LogP contribution is 2.27. The number of carbonyl (C=O) groups is 1. The first-order valence-corrected chi connectivity index (χ1v) is 6.73. The molecule has 1 atom stereocenters. The lowest BCUT2D eigenvalue weighted by Gasteiger charge is -2.24. The van der Waals surface area contributed by atoms with Crippen LogP contribution in [0.4, 0.5) is 5.82 Å². The zero-order chi connectivity index (χ0) is 12.4. The topological polar surface area (TPSA) is 56.2 Å². The average Bonchev–Trinajstić information content (AvgIpc) is 2.89. The van der Waals surface area contributed by atoms with Crippen LogP contribution in [0.5, 0.6) is 0 Å². The predicted molar refractivity (Wildman–Crippen MR) is 67.1 cm³/mol. The lowest BCUT2D eigenvalue weighted by Crippen LogP contribution is -2.29. The van der Waals surface area contributed by atoms with Gasteiger partial charge in [0.2, 0.25) is 5.91 Å². The zero-order valence-corrected chi connectivity index (χ0v) is 10.5. The van der Waals surface area contributed by atoms with E-state index in [1.807, 2.05) is 10.7 Å². The molecule has 5 heteroatoms. The molecule has 2 heterocycles. The van der Waals surface area contributed by atoms with Crippen LogP contribution in [0.3, 0.4) is 0 Å². The Kier molecular flexibility index (Phi) is 3.32. The van der Waals surface area contributed by atoms with Crippen LogP contribution >= 0.6 is 0 Å². The van der Waals surface area contributed by atoms with Crippen LogP contribution in [-0.2, 0) is 16.1 Å². The summed E-state index contributed by atoms with van der Waals surface area (Å²) in [6, 6.07) is 1.87. The summed E-state index contributed by atoms with van der Waals surface area (Å²) in [5, 5.41) is 7.27. The normalized spacial score (nSPS) is 23.9. The molecule has 1 aromatic heterocycles. The molecule has 2 aliphatic rings. The van der Waals surface area contributed by atoms with Gasteiger partial charge in [-0.2, -0.15) is 5.10 Å². The van der Waals surface area contributed by atoms with Crippen LogP contribution in [0.2, 0.25) is 0 Å². The van der Waals surface area contributed by atoms with Crippen molar-refractivity contribution in [1.29, 1.82) is 0 Å². The minimum absolute atomic E-state index is 0.144. The molecule has 0 aromatic carbocycles. The van der Waals surface area contributed by atoms with E-state index in [1.165, 1.54) is 6.42 Å². The Morgan fingerprint density at radius 3 is 3.06 bits per heavy atom. The van der Waals surface area contributed by atoms with E-state index in [0.717, 1.165) is 44.8 Å². The smallest absolute Gasteiger partial charge is 0.228 e. The molecule has 3 rings (SSSR count). The Morgan fingerprint density at radius 2 is 2.39 bits per heavy atom. The summed E-state index contributed by atoms with van der Waals surface area (Å²) < 4.78 is 7.25. The van der Waals surface area contributed by atoms with Gasteiger partial charge in [0.25, 0.3) is 0 Å². The highest BCUT2D eigenvalue weighted by atomic mass is 16.5. The number of hydrogen-bond donors (Lipinski definition) is 1. The van der Waals surface area contributed by atoms with Crippen molar-refractivity contribution < 1.29 is 9.53 Å². The summed E-state index contributed by atoms with van der Waals surface area (Å²) in [6.07, 6.45) is 6.05. The fraction of sp³-hybridized carbons (Fsp3) is 0.692. The van der Waals surface area contributed by atoms with E-state index in [1.54, 1.807) is 6.20 Å². The maximum atomic E-state index is 11.9. The van der Waals surface area contributed by atoms with Crippen molar-refractivity contribution in [3.8, 4) is 0 Å². The van der Waals surface area contributed by atoms with Gasteiger partial charge in [0.05, 0.1) is 12.8 Å². The van der Waals surface area contributed by atoms with E-state index in [9.17, 15) is 4.79 Å². The zero-order valence-electron chi connectivity index (χ0n) is 10.5. The quantitative estimate of drug-likeness (QED) is 0.883. The number of aromatic nitrogens is 2.